The fourth-order valence-electron chi connectivity index (χ4n) is 2.37. The van der Waals surface area contributed by atoms with Crippen LogP contribution in [0.25, 0.3) is 11.1 Å². The minimum Gasteiger partial charge on any atom is -0.496 e. The van der Waals surface area contributed by atoms with Gasteiger partial charge in [0.2, 0.25) is 0 Å². The first kappa shape index (κ1) is 14.4. The van der Waals surface area contributed by atoms with Crippen molar-refractivity contribution in [1.29, 1.82) is 0 Å². The summed E-state index contributed by atoms with van der Waals surface area (Å²) < 4.78 is 5.33. The van der Waals surface area contributed by atoms with E-state index in [0.29, 0.717) is 10.6 Å². The number of methoxy groups -OCH3 is 1. The summed E-state index contributed by atoms with van der Waals surface area (Å²) in [5.41, 5.74) is 3.62. The van der Waals surface area contributed by atoms with Crippen molar-refractivity contribution in [3.8, 4) is 16.9 Å². The zero-order valence-corrected chi connectivity index (χ0v) is 12.3. The molecule has 0 radical (unpaired) electrons. The molecule has 0 amide bonds. The van der Waals surface area contributed by atoms with Crippen LogP contribution in [0.15, 0.2) is 30.3 Å². The topological polar surface area (TPSA) is 46.5 Å². The van der Waals surface area contributed by atoms with Gasteiger partial charge >= 0.3 is 5.97 Å². The van der Waals surface area contributed by atoms with Crippen LogP contribution in [0, 0.1) is 13.8 Å². The summed E-state index contributed by atoms with van der Waals surface area (Å²) in [7, 11) is 1.62. The Morgan fingerprint density at radius 2 is 1.75 bits per heavy atom. The third kappa shape index (κ3) is 2.63. The highest BCUT2D eigenvalue weighted by Gasteiger charge is 2.14. The van der Waals surface area contributed by atoms with Crippen LogP contribution in [0.3, 0.4) is 0 Å². The van der Waals surface area contributed by atoms with Crippen molar-refractivity contribution >= 4 is 17.6 Å². The van der Waals surface area contributed by atoms with Crippen molar-refractivity contribution in [2.45, 2.75) is 13.8 Å². The van der Waals surface area contributed by atoms with Crippen molar-refractivity contribution < 1.29 is 14.6 Å². The summed E-state index contributed by atoms with van der Waals surface area (Å²) in [4.78, 5) is 11.4. The van der Waals surface area contributed by atoms with E-state index in [0.717, 1.165) is 22.4 Å². The molecule has 0 bridgehead atoms. The fourth-order valence-corrected chi connectivity index (χ4v) is 2.54. The van der Waals surface area contributed by atoms with Gasteiger partial charge in [-0.15, -0.1) is 0 Å². The van der Waals surface area contributed by atoms with Crippen molar-refractivity contribution in [3.05, 3.63) is 52.0 Å². The van der Waals surface area contributed by atoms with Crippen LogP contribution in [-0.2, 0) is 0 Å². The Kier molecular flexibility index (Phi) is 4.00. The van der Waals surface area contributed by atoms with E-state index in [1.54, 1.807) is 19.2 Å². The Morgan fingerprint density at radius 3 is 2.25 bits per heavy atom. The predicted molar refractivity (Wildman–Crippen MR) is 79.9 cm³/mol. The number of ether oxygens (including phenoxy) is 1. The number of hydrogen-bond donors (Lipinski definition) is 1. The molecule has 2 aromatic carbocycles. The van der Waals surface area contributed by atoms with Gasteiger partial charge in [0.05, 0.1) is 12.7 Å². The Hall–Kier alpha value is -2.00. The second-order valence-corrected chi connectivity index (χ2v) is 5.07. The van der Waals surface area contributed by atoms with Crippen LogP contribution in [0.4, 0.5) is 0 Å². The van der Waals surface area contributed by atoms with Crippen molar-refractivity contribution in [1.82, 2.24) is 0 Å². The molecule has 0 unspecified atom stereocenters. The van der Waals surface area contributed by atoms with Crippen molar-refractivity contribution in [2.24, 2.45) is 0 Å². The zero-order chi connectivity index (χ0) is 14.9. The number of carbonyl (C=O) groups is 1. The number of halogens is 1. The number of rotatable bonds is 3. The zero-order valence-electron chi connectivity index (χ0n) is 11.5. The van der Waals surface area contributed by atoms with Crippen molar-refractivity contribution in [3.63, 3.8) is 0 Å². The van der Waals surface area contributed by atoms with Gasteiger partial charge in [0.25, 0.3) is 0 Å². The van der Waals surface area contributed by atoms with E-state index in [1.165, 1.54) is 6.07 Å². The van der Waals surface area contributed by atoms with Crippen LogP contribution in [-0.4, -0.2) is 18.2 Å². The average molecular weight is 291 g/mol. The number of benzene rings is 2. The number of hydrogen-bond acceptors (Lipinski definition) is 2. The number of carboxylic acid groups (broad SMARTS) is 1. The van der Waals surface area contributed by atoms with E-state index in [-0.39, 0.29) is 5.56 Å². The molecule has 1 N–H and O–H groups in total. The molecule has 0 spiro atoms. The molecule has 0 aliphatic heterocycles. The molecule has 0 fully saturated rings. The lowest BCUT2D eigenvalue weighted by Crippen LogP contribution is -2.00. The van der Waals surface area contributed by atoms with E-state index in [4.69, 9.17) is 16.3 Å². The number of aromatic carboxylic acids is 1. The predicted octanol–water partition coefficient (Wildman–Crippen LogP) is 4.33. The first-order valence-corrected chi connectivity index (χ1v) is 6.50. The lowest BCUT2D eigenvalue weighted by atomic mass is 9.96. The molecule has 4 heteroatoms. The number of carboxylic acids is 1. The molecule has 0 aliphatic rings. The van der Waals surface area contributed by atoms with Gasteiger partial charge in [0.1, 0.15) is 5.75 Å². The van der Waals surface area contributed by atoms with Gasteiger partial charge in [-0.3, -0.25) is 0 Å². The summed E-state index contributed by atoms with van der Waals surface area (Å²) in [6, 6.07) is 8.72. The van der Waals surface area contributed by atoms with Gasteiger partial charge in [-0.2, -0.15) is 0 Å². The molecule has 3 nitrogen and oxygen atoms in total. The first-order chi connectivity index (χ1) is 9.43. The van der Waals surface area contributed by atoms with Gasteiger partial charge in [-0.05, 0) is 60.4 Å². The lowest BCUT2D eigenvalue weighted by molar-refractivity contribution is 0.0697. The van der Waals surface area contributed by atoms with Gasteiger partial charge in [0, 0.05) is 5.02 Å². The molecule has 2 rings (SSSR count). The maximum atomic E-state index is 11.4. The molecule has 0 heterocycles. The SMILES string of the molecule is COc1c(C)cc(-c2ccc(Cl)cc2C(=O)O)cc1C. The Balaban J connectivity index is 2.66. The molecule has 0 aromatic heterocycles. The quantitative estimate of drug-likeness (QED) is 0.915. The summed E-state index contributed by atoms with van der Waals surface area (Å²) in [5, 5.41) is 9.72. The van der Waals surface area contributed by atoms with Gasteiger partial charge in [-0.25, -0.2) is 4.79 Å². The van der Waals surface area contributed by atoms with E-state index >= 15 is 0 Å². The van der Waals surface area contributed by atoms with Gasteiger partial charge in [-0.1, -0.05) is 17.7 Å². The molecule has 104 valence electrons. The normalized spacial score (nSPS) is 10.4. The molecule has 0 aliphatic carbocycles. The average Bonchev–Trinajstić information content (AvgIpc) is 2.38. The van der Waals surface area contributed by atoms with Crippen molar-refractivity contribution in [2.75, 3.05) is 7.11 Å². The summed E-state index contributed by atoms with van der Waals surface area (Å²) >= 11 is 5.88. The molecule has 0 atom stereocenters. The lowest BCUT2D eigenvalue weighted by Gasteiger charge is -2.13. The van der Waals surface area contributed by atoms with Gasteiger partial charge in [0.15, 0.2) is 0 Å². The highest BCUT2D eigenvalue weighted by atomic mass is 35.5. The molecule has 20 heavy (non-hydrogen) atoms. The number of aryl methyl sites for hydroxylation is 2. The third-order valence-electron chi connectivity index (χ3n) is 3.19. The van der Waals surface area contributed by atoms with Crippen LogP contribution in [0.2, 0.25) is 5.02 Å². The maximum Gasteiger partial charge on any atom is 0.336 e. The Labute approximate surface area is 122 Å². The molecule has 2 aromatic rings. The second kappa shape index (κ2) is 5.55. The summed E-state index contributed by atoms with van der Waals surface area (Å²) in [6.45, 7) is 3.87. The standard InChI is InChI=1S/C16H15ClO3/c1-9-6-11(7-10(2)15(9)20-3)13-5-4-12(17)8-14(13)16(18)19/h4-8H,1-3H3,(H,18,19). The van der Waals surface area contributed by atoms with E-state index in [2.05, 4.69) is 0 Å². The van der Waals surface area contributed by atoms with Crippen LogP contribution >= 0.6 is 11.6 Å². The largest absolute Gasteiger partial charge is 0.496 e. The summed E-state index contributed by atoms with van der Waals surface area (Å²) in [5.74, 6) is -0.173. The minimum atomic E-state index is -0.992. The fraction of sp³-hybridized carbons (Fsp3) is 0.188. The van der Waals surface area contributed by atoms with E-state index in [9.17, 15) is 9.90 Å². The molecular formula is C16H15ClO3. The Morgan fingerprint density at radius 1 is 1.15 bits per heavy atom. The molecular weight excluding hydrogens is 276 g/mol. The smallest absolute Gasteiger partial charge is 0.336 e. The van der Waals surface area contributed by atoms with E-state index < -0.39 is 5.97 Å². The van der Waals surface area contributed by atoms with Crippen LogP contribution < -0.4 is 4.74 Å². The second-order valence-electron chi connectivity index (χ2n) is 4.64. The third-order valence-corrected chi connectivity index (χ3v) is 3.42. The minimum absolute atomic E-state index is 0.196. The maximum absolute atomic E-state index is 11.4. The molecule has 0 saturated carbocycles. The van der Waals surface area contributed by atoms with Crippen LogP contribution in [0.1, 0.15) is 21.5 Å². The van der Waals surface area contributed by atoms with E-state index in [1.807, 2.05) is 26.0 Å². The molecule has 0 saturated heterocycles. The highest BCUT2D eigenvalue weighted by Crippen LogP contribution is 2.32. The van der Waals surface area contributed by atoms with Crippen LogP contribution in [0.5, 0.6) is 5.75 Å². The summed E-state index contributed by atoms with van der Waals surface area (Å²) in [6.07, 6.45) is 0. The Bertz CT molecular complexity index is 654. The monoisotopic (exact) mass is 290 g/mol. The first-order valence-electron chi connectivity index (χ1n) is 6.12. The highest BCUT2D eigenvalue weighted by molar-refractivity contribution is 6.31. The van der Waals surface area contributed by atoms with Gasteiger partial charge < -0.3 is 9.84 Å².